The first kappa shape index (κ1) is 9.66. The molecular formula is C12H15FO. The molecule has 0 amide bonds. The van der Waals surface area contributed by atoms with E-state index in [1.807, 2.05) is 30.3 Å². The summed E-state index contributed by atoms with van der Waals surface area (Å²) in [5.41, 5.74) is -0.0822. The molecule has 0 bridgehead atoms. The van der Waals surface area contributed by atoms with Gasteiger partial charge in [0.05, 0.1) is 5.60 Å². The molecule has 1 aliphatic rings. The maximum absolute atomic E-state index is 13.2. The van der Waals surface area contributed by atoms with E-state index in [-0.39, 0.29) is 6.42 Å². The van der Waals surface area contributed by atoms with Crippen molar-refractivity contribution in [1.29, 1.82) is 0 Å². The average molecular weight is 194 g/mol. The number of alkyl halides is 1. The molecule has 1 saturated carbocycles. The lowest BCUT2D eigenvalue weighted by Gasteiger charge is -2.34. The molecule has 0 aliphatic heterocycles. The smallest absolute Gasteiger partial charge is 0.103 e. The lowest BCUT2D eigenvalue weighted by molar-refractivity contribution is -0.0282. The highest BCUT2D eigenvalue weighted by Crippen LogP contribution is 2.37. The van der Waals surface area contributed by atoms with Gasteiger partial charge in [-0.2, -0.15) is 0 Å². The molecule has 1 aromatic carbocycles. The maximum Gasteiger partial charge on any atom is 0.103 e. The summed E-state index contributed by atoms with van der Waals surface area (Å²) in [7, 11) is 0. The Morgan fingerprint density at radius 3 is 2.64 bits per heavy atom. The average Bonchev–Trinajstić information content (AvgIpc) is 2.19. The van der Waals surface area contributed by atoms with Gasteiger partial charge < -0.3 is 5.11 Å². The third-order valence-electron chi connectivity index (χ3n) is 2.98. The summed E-state index contributed by atoms with van der Waals surface area (Å²) in [6.07, 6.45) is 1.44. The van der Waals surface area contributed by atoms with E-state index in [1.54, 1.807) is 0 Å². The number of rotatable bonds is 1. The largest absolute Gasteiger partial charge is 0.385 e. The summed E-state index contributed by atoms with van der Waals surface area (Å²) >= 11 is 0. The standard InChI is InChI=1S/C12H15FO/c13-11-7-4-8-12(14,9-11)10-5-2-1-3-6-10/h1-3,5-6,11,14H,4,7-9H2. The quantitative estimate of drug-likeness (QED) is 0.728. The highest BCUT2D eigenvalue weighted by molar-refractivity contribution is 5.23. The molecule has 0 aromatic heterocycles. The summed E-state index contributed by atoms with van der Waals surface area (Å²) in [5.74, 6) is 0. The van der Waals surface area contributed by atoms with Crippen molar-refractivity contribution < 1.29 is 9.50 Å². The molecule has 2 unspecified atom stereocenters. The van der Waals surface area contributed by atoms with Gasteiger partial charge in [-0.15, -0.1) is 0 Å². The zero-order valence-corrected chi connectivity index (χ0v) is 8.12. The summed E-state index contributed by atoms with van der Waals surface area (Å²) in [6, 6.07) is 9.42. The SMILES string of the molecule is OC1(c2ccccc2)CCCC(F)C1. The van der Waals surface area contributed by atoms with Gasteiger partial charge in [0.2, 0.25) is 0 Å². The fourth-order valence-electron chi connectivity index (χ4n) is 2.20. The minimum atomic E-state index is -0.932. The molecule has 14 heavy (non-hydrogen) atoms. The van der Waals surface area contributed by atoms with E-state index in [0.717, 1.165) is 12.0 Å². The fourth-order valence-corrected chi connectivity index (χ4v) is 2.20. The first-order valence-electron chi connectivity index (χ1n) is 5.13. The number of halogens is 1. The molecular weight excluding hydrogens is 179 g/mol. The monoisotopic (exact) mass is 194 g/mol. The Hall–Kier alpha value is -0.890. The molecule has 1 N–H and O–H groups in total. The van der Waals surface area contributed by atoms with Crippen molar-refractivity contribution in [2.45, 2.75) is 37.5 Å². The van der Waals surface area contributed by atoms with Crippen molar-refractivity contribution in [3.63, 3.8) is 0 Å². The molecule has 1 nitrogen and oxygen atoms in total. The van der Waals surface area contributed by atoms with Crippen LogP contribution in [0.15, 0.2) is 30.3 Å². The molecule has 2 rings (SSSR count). The molecule has 1 aromatic rings. The van der Waals surface area contributed by atoms with Gasteiger partial charge in [0.1, 0.15) is 6.17 Å². The number of hydrogen-bond donors (Lipinski definition) is 1. The Balaban J connectivity index is 2.23. The van der Waals surface area contributed by atoms with Crippen molar-refractivity contribution in [1.82, 2.24) is 0 Å². The zero-order valence-electron chi connectivity index (χ0n) is 8.12. The van der Waals surface area contributed by atoms with Crippen LogP contribution in [0.4, 0.5) is 4.39 Å². The van der Waals surface area contributed by atoms with Gasteiger partial charge >= 0.3 is 0 Å². The minimum Gasteiger partial charge on any atom is -0.385 e. The van der Waals surface area contributed by atoms with Gasteiger partial charge in [0.15, 0.2) is 0 Å². The van der Waals surface area contributed by atoms with Crippen molar-refractivity contribution in [3.05, 3.63) is 35.9 Å². The van der Waals surface area contributed by atoms with Crippen LogP contribution in [-0.2, 0) is 5.60 Å². The lowest BCUT2D eigenvalue weighted by Crippen LogP contribution is -2.33. The summed E-state index contributed by atoms with van der Waals surface area (Å²) in [6.45, 7) is 0. The van der Waals surface area contributed by atoms with E-state index >= 15 is 0 Å². The van der Waals surface area contributed by atoms with Gasteiger partial charge in [-0.05, 0) is 24.8 Å². The Kier molecular flexibility index (Phi) is 2.55. The van der Waals surface area contributed by atoms with Crippen molar-refractivity contribution in [3.8, 4) is 0 Å². The molecule has 76 valence electrons. The molecule has 1 fully saturated rings. The molecule has 0 saturated heterocycles. The van der Waals surface area contributed by atoms with Gasteiger partial charge in [-0.1, -0.05) is 30.3 Å². The van der Waals surface area contributed by atoms with Crippen LogP contribution >= 0.6 is 0 Å². The van der Waals surface area contributed by atoms with E-state index in [0.29, 0.717) is 12.8 Å². The summed E-state index contributed by atoms with van der Waals surface area (Å²) in [5, 5.41) is 10.3. The van der Waals surface area contributed by atoms with Crippen molar-refractivity contribution >= 4 is 0 Å². The Labute approximate surface area is 83.6 Å². The van der Waals surface area contributed by atoms with Crippen LogP contribution in [0, 0.1) is 0 Å². The first-order valence-corrected chi connectivity index (χ1v) is 5.13. The van der Waals surface area contributed by atoms with Crippen LogP contribution in [0.3, 0.4) is 0 Å². The molecule has 2 heteroatoms. The van der Waals surface area contributed by atoms with E-state index in [1.165, 1.54) is 0 Å². The van der Waals surface area contributed by atoms with Gasteiger partial charge in [-0.3, -0.25) is 0 Å². The van der Waals surface area contributed by atoms with Crippen LogP contribution in [0.25, 0.3) is 0 Å². The highest BCUT2D eigenvalue weighted by Gasteiger charge is 2.35. The lowest BCUT2D eigenvalue weighted by atomic mass is 9.79. The fraction of sp³-hybridized carbons (Fsp3) is 0.500. The van der Waals surface area contributed by atoms with Crippen LogP contribution in [0.5, 0.6) is 0 Å². The predicted molar refractivity (Wildman–Crippen MR) is 53.7 cm³/mol. The predicted octanol–water partition coefficient (Wildman–Crippen LogP) is 2.79. The second kappa shape index (κ2) is 3.70. The molecule has 1 aliphatic carbocycles. The number of aliphatic hydroxyl groups is 1. The van der Waals surface area contributed by atoms with Crippen molar-refractivity contribution in [2.75, 3.05) is 0 Å². The molecule has 2 atom stereocenters. The second-order valence-corrected chi connectivity index (χ2v) is 4.09. The first-order chi connectivity index (χ1) is 6.71. The van der Waals surface area contributed by atoms with E-state index in [9.17, 15) is 9.50 Å². The van der Waals surface area contributed by atoms with E-state index < -0.39 is 11.8 Å². The van der Waals surface area contributed by atoms with Crippen LogP contribution in [-0.4, -0.2) is 11.3 Å². The van der Waals surface area contributed by atoms with Crippen molar-refractivity contribution in [2.24, 2.45) is 0 Å². The summed E-state index contributed by atoms with van der Waals surface area (Å²) in [4.78, 5) is 0. The van der Waals surface area contributed by atoms with E-state index in [4.69, 9.17) is 0 Å². The zero-order chi connectivity index (χ0) is 10.0. The Bertz CT molecular complexity index is 298. The Morgan fingerprint density at radius 1 is 1.29 bits per heavy atom. The van der Waals surface area contributed by atoms with Gasteiger partial charge in [0, 0.05) is 6.42 Å². The van der Waals surface area contributed by atoms with Crippen LogP contribution < -0.4 is 0 Å². The highest BCUT2D eigenvalue weighted by atomic mass is 19.1. The number of hydrogen-bond acceptors (Lipinski definition) is 1. The third-order valence-corrected chi connectivity index (χ3v) is 2.98. The second-order valence-electron chi connectivity index (χ2n) is 4.09. The number of benzene rings is 1. The van der Waals surface area contributed by atoms with Gasteiger partial charge in [0.25, 0.3) is 0 Å². The Morgan fingerprint density at radius 2 is 2.00 bits per heavy atom. The minimum absolute atomic E-state index is 0.247. The normalized spacial score (nSPS) is 32.9. The van der Waals surface area contributed by atoms with Crippen LogP contribution in [0.1, 0.15) is 31.2 Å². The topological polar surface area (TPSA) is 20.2 Å². The molecule has 0 spiro atoms. The van der Waals surface area contributed by atoms with Gasteiger partial charge in [-0.25, -0.2) is 4.39 Å². The van der Waals surface area contributed by atoms with Crippen LogP contribution in [0.2, 0.25) is 0 Å². The molecule has 0 heterocycles. The van der Waals surface area contributed by atoms with E-state index in [2.05, 4.69) is 0 Å². The third kappa shape index (κ3) is 1.80. The summed E-state index contributed by atoms with van der Waals surface area (Å²) < 4.78 is 13.2. The maximum atomic E-state index is 13.2. The molecule has 0 radical (unpaired) electrons.